The monoisotopic (exact) mass is 438 g/mol. The quantitative estimate of drug-likeness (QED) is 0.196. The molecule has 0 saturated heterocycles. The SMILES string of the molecule is CCCCCCNC(=O)CCCOCCS.CCNC(=O)CCCOCCS. The lowest BCUT2D eigenvalue weighted by atomic mass is 10.2. The second-order valence-electron chi connectivity index (χ2n) is 6.24. The summed E-state index contributed by atoms with van der Waals surface area (Å²) in [7, 11) is 0. The van der Waals surface area contributed by atoms with Crippen molar-refractivity contribution in [2.75, 3.05) is 51.0 Å². The number of thiol groups is 2. The average Bonchev–Trinajstić information content (AvgIpc) is 2.68. The van der Waals surface area contributed by atoms with Crippen LogP contribution in [0, 0.1) is 0 Å². The Morgan fingerprint density at radius 2 is 1.25 bits per heavy atom. The van der Waals surface area contributed by atoms with Crippen molar-refractivity contribution in [2.45, 2.75) is 65.2 Å². The molecule has 0 unspecified atom stereocenters. The molecule has 0 radical (unpaired) electrons. The van der Waals surface area contributed by atoms with Crippen molar-refractivity contribution in [3.8, 4) is 0 Å². The molecule has 0 saturated carbocycles. The molecule has 0 bridgehead atoms. The molecule has 0 spiro atoms. The van der Waals surface area contributed by atoms with Crippen LogP contribution in [0.15, 0.2) is 0 Å². The third-order valence-corrected chi connectivity index (χ3v) is 3.95. The topological polar surface area (TPSA) is 76.7 Å². The Morgan fingerprint density at radius 1 is 0.714 bits per heavy atom. The van der Waals surface area contributed by atoms with E-state index < -0.39 is 0 Å². The van der Waals surface area contributed by atoms with E-state index >= 15 is 0 Å². The van der Waals surface area contributed by atoms with Gasteiger partial charge in [-0.25, -0.2) is 0 Å². The standard InChI is InChI=1S/C12H25NO2S.C8H17NO2S/c1-2-3-4-5-8-13-12(14)7-6-9-15-10-11-16;1-2-9-8(10)4-3-5-11-6-7-12/h16H,2-11H2,1H3,(H,13,14);12H,2-7H2,1H3,(H,9,10). The molecule has 6 nitrogen and oxygen atoms in total. The zero-order valence-corrected chi connectivity index (χ0v) is 19.6. The van der Waals surface area contributed by atoms with E-state index in [1.807, 2.05) is 6.92 Å². The molecule has 0 aliphatic rings. The predicted molar refractivity (Wildman–Crippen MR) is 124 cm³/mol. The minimum absolute atomic E-state index is 0.104. The Bertz CT molecular complexity index is 332. The second kappa shape index (κ2) is 26.6. The Labute approximate surface area is 183 Å². The first kappa shape index (κ1) is 29.8. The summed E-state index contributed by atoms with van der Waals surface area (Å²) >= 11 is 8.03. The molecule has 0 aromatic carbocycles. The molecule has 2 amide bonds. The molecular weight excluding hydrogens is 396 g/mol. The van der Waals surface area contributed by atoms with Gasteiger partial charge in [0, 0.05) is 50.7 Å². The maximum Gasteiger partial charge on any atom is 0.220 e. The number of amides is 2. The van der Waals surface area contributed by atoms with Gasteiger partial charge in [-0.05, 0) is 26.2 Å². The highest BCUT2D eigenvalue weighted by molar-refractivity contribution is 7.80. The maximum absolute atomic E-state index is 11.3. The van der Waals surface area contributed by atoms with E-state index in [0.717, 1.165) is 37.3 Å². The molecule has 28 heavy (non-hydrogen) atoms. The fourth-order valence-electron chi connectivity index (χ4n) is 2.16. The van der Waals surface area contributed by atoms with Crippen LogP contribution in [0.1, 0.15) is 65.2 Å². The van der Waals surface area contributed by atoms with Gasteiger partial charge < -0.3 is 20.1 Å². The van der Waals surface area contributed by atoms with Gasteiger partial charge in [0.1, 0.15) is 0 Å². The molecule has 0 rings (SSSR count). The lowest BCUT2D eigenvalue weighted by molar-refractivity contribution is -0.122. The first-order chi connectivity index (χ1) is 13.6. The second-order valence-corrected chi connectivity index (χ2v) is 7.14. The summed E-state index contributed by atoms with van der Waals surface area (Å²) in [4.78, 5) is 22.2. The zero-order valence-electron chi connectivity index (χ0n) is 17.8. The molecule has 0 aliphatic carbocycles. The molecule has 0 atom stereocenters. The third kappa shape index (κ3) is 27.8. The van der Waals surface area contributed by atoms with Crippen molar-refractivity contribution in [3.63, 3.8) is 0 Å². The zero-order chi connectivity index (χ0) is 21.3. The van der Waals surface area contributed by atoms with Gasteiger partial charge in [-0.1, -0.05) is 26.2 Å². The van der Waals surface area contributed by atoms with Crippen LogP contribution in [0.2, 0.25) is 0 Å². The predicted octanol–water partition coefficient (Wildman–Crippen LogP) is 3.26. The molecule has 8 heteroatoms. The van der Waals surface area contributed by atoms with Crippen LogP contribution in [0.3, 0.4) is 0 Å². The number of hydrogen-bond acceptors (Lipinski definition) is 6. The summed E-state index contributed by atoms with van der Waals surface area (Å²) < 4.78 is 10.4. The van der Waals surface area contributed by atoms with Gasteiger partial charge in [0.15, 0.2) is 0 Å². The van der Waals surface area contributed by atoms with Gasteiger partial charge in [0.05, 0.1) is 13.2 Å². The van der Waals surface area contributed by atoms with Crippen LogP contribution in [0.25, 0.3) is 0 Å². The van der Waals surface area contributed by atoms with E-state index in [2.05, 4.69) is 42.8 Å². The van der Waals surface area contributed by atoms with Crippen LogP contribution in [0.4, 0.5) is 0 Å². The summed E-state index contributed by atoms with van der Waals surface area (Å²) in [6.07, 6.45) is 7.51. The minimum Gasteiger partial charge on any atom is -0.381 e. The number of hydrogen-bond donors (Lipinski definition) is 4. The third-order valence-electron chi connectivity index (χ3n) is 3.58. The first-order valence-electron chi connectivity index (χ1n) is 10.5. The Morgan fingerprint density at radius 3 is 1.71 bits per heavy atom. The normalized spacial score (nSPS) is 10.1. The number of unbranched alkanes of at least 4 members (excludes halogenated alkanes) is 3. The van der Waals surface area contributed by atoms with Gasteiger partial charge >= 0.3 is 0 Å². The van der Waals surface area contributed by atoms with Crippen molar-refractivity contribution in [1.29, 1.82) is 0 Å². The number of ether oxygens (including phenoxy) is 2. The molecule has 168 valence electrons. The van der Waals surface area contributed by atoms with E-state index in [4.69, 9.17) is 9.47 Å². The molecule has 0 aliphatic heterocycles. The van der Waals surface area contributed by atoms with Gasteiger partial charge in [0.2, 0.25) is 11.8 Å². The number of carbonyl (C=O) groups excluding carboxylic acids is 2. The van der Waals surface area contributed by atoms with Crippen LogP contribution in [-0.4, -0.2) is 62.8 Å². The highest BCUT2D eigenvalue weighted by Crippen LogP contribution is 1.97. The van der Waals surface area contributed by atoms with Gasteiger partial charge in [0.25, 0.3) is 0 Å². The molecular formula is C20H42N2O4S2. The summed E-state index contributed by atoms with van der Waals surface area (Å²) in [6, 6.07) is 0. The highest BCUT2D eigenvalue weighted by atomic mass is 32.1. The molecule has 0 heterocycles. The van der Waals surface area contributed by atoms with E-state index in [-0.39, 0.29) is 11.8 Å². The van der Waals surface area contributed by atoms with Crippen molar-refractivity contribution >= 4 is 37.1 Å². The molecule has 0 aromatic rings. The van der Waals surface area contributed by atoms with Crippen LogP contribution >= 0.6 is 25.3 Å². The highest BCUT2D eigenvalue weighted by Gasteiger charge is 2.00. The lowest BCUT2D eigenvalue weighted by Gasteiger charge is -2.05. The van der Waals surface area contributed by atoms with Crippen molar-refractivity contribution in [2.24, 2.45) is 0 Å². The average molecular weight is 439 g/mol. The van der Waals surface area contributed by atoms with Crippen molar-refractivity contribution in [3.05, 3.63) is 0 Å². The molecule has 0 aromatic heterocycles. The number of nitrogens with one attached hydrogen (secondary N) is 2. The van der Waals surface area contributed by atoms with E-state index in [0.29, 0.717) is 45.8 Å². The number of rotatable bonds is 18. The van der Waals surface area contributed by atoms with Gasteiger partial charge in [-0.15, -0.1) is 0 Å². The van der Waals surface area contributed by atoms with Crippen molar-refractivity contribution < 1.29 is 19.1 Å². The largest absolute Gasteiger partial charge is 0.381 e. The Balaban J connectivity index is 0. The fraction of sp³-hybridized carbons (Fsp3) is 0.900. The van der Waals surface area contributed by atoms with Gasteiger partial charge in [-0.2, -0.15) is 25.3 Å². The summed E-state index contributed by atoms with van der Waals surface area (Å²) in [5, 5.41) is 5.65. The van der Waals surface area contributed by atoms with Crippen molar-refractivity contribution in [1.82, 2.24) is 10.6 Å². The fourth-order valence-corrected chi connectivity index (χ4v) is 2.41. The van der Waals surface area contributed by atoms with Crippen LogP contribution in [-0.2, 0) is 19.1 Å². The first-order valence-corrected chi connectivity index (χ1v) is 11.8. The summed E-state index contributed by atoms with van der Waals surface area (Å²) in [5.74, 6) is 1.73. The van der Waals surface area contributed by atoms with E-state index in [1.165, 1.54) is 19.3 Å². The van der Waals surface area contributed by atoms with E-state index in [9.17, 15) is 9.59 Å². The van der Waals surface area contributed by atoms with Crippen LogP contribution < -0.4 is 10.6 Å². The van der Waals surface area contributed by atoms with Gasteiger partial charge in [-0.3, -0.25) is 9.59 Å². The van der Waals surface area contributed by atoms with Crippen LogP contribution in [0.5, 0.6) is 0 Å². The summed E-state index contributed by atoms with van der Waals surface area (Å²) in [5.41, 5.74) is 0. The lowest BCUT2D eigenvalue weighted by Crippen LogP contribution is -2.24. The van der Waals surface area contributed by atoms with E-state index in [1.54, 1.807) is 0 Å². The maximum atomic E-state index is 11.3. The molecule has 2 N–H and O–H groups in total. The smallest absolute Gasteiger partial charge is 0.220 e. The Kier molecular flexibility index (Phi) is 28.2. The Hall–Kier alpha value is -0.440. The minimum atomic E-state index is 0.104. The molecule has 0 fully saturated rings. The number of carbonyl (C=O) groups is 2. The summed E-state index contributed by atoms with van der Waals surface area (Å²) in [6.45, 7) is 8.26.